The number of nitrogen functional groups attached to an aromatic ring is 1. The summed E-state index contributed by atoms with van der Waals surface area (Å²) in [5.41, 5.74) is 6.96. The molecule has 6 nitrogen and oxygen atoms in total. The van der Waals surface area contributed by atoms with E-state index in [1.165, 1.54) is 25.9 Å². The number of para-hydroxylation sites is 1. The summed E-state index contributed by atoms with van der Waals surface area (Å²) >= 11 is 0. The maximum absolute atomic E-state index is 12.6. The van der Waals surface area contributed by atoms with Crippen LogP contribution in [0.4, 0.5) is 5.69 Å². The van der Waals surface area contributed by atoms with E-state index in [9.17, 15) is 9.59 Å². The smallest absolute Gasteiger partial charge is 0.255 e. The minimum absolute atomic E-state index is 0. The molecule has 0 unspecified atom stereocenters. The second-order valence-corrected chi connectivity index (χ2v) is 7.35. The van der Waals surface area contributed by atoms with Crippen LogP contribution in [0.3, 0.4) is 0 Å². The lowest BCUT2D eigenvalue weighted by atomic mass is 9.95. The first kappa shape index (κ1) is 21.5. The number of halogens is 1. The number of nitrogens with two attached hydrogens (primary N) is 1. The number of piperidine rings is 1. The average Bonchev–Trinajstić information content (AvgIpc) is 3.18. The van der Waals surface area contributed by atoms with Crippen LogP contribution in [-0.2, 0) is 4.79 Å². The molecule has 0 aromatic heterocycles. The number of carbonyl (C=O) groups excluding carboxylic acids is 2. The van der Waals surface area contributed by atoms with Crippen molar-refractivity contribution in [3.63, 3.8) is 0 Å². The second kappa shape index (κ2) is 10.5. The van der Waals surface area contributed by atoms with Gasteiger partial charge in [-0.25, -0.2) is 0 Å². The van der Waals surface area contributed by atoms with E-state index in [2.05, 4.69) is 10.2 Å². The predicted molar refractivity (Wildman–Crippen MR) is 110 cm³/mol. The first-order valence-electron chi connectivity index (χ1n) is 9.79. The van der Waals surface area contributed by atoms with Gasteiger partial charge in [-0.1, -0.05) is 12.1 Å². The van der Waals surface area contributed by atoms with Crippen LogP contribution >= 0.6 is 12.4 Å². The normalized spacial score (nSPS) is 18.1. The SMILES string of the molecule is Cl.Nc1ccccc1C(=O)N1CCC(C(=O)NCCCN2CCCC2)CC1. The van der Waals surface area contributed by atoms with Crippen LogP contribution in [-0.4, -0.2) is 60.9 Å². The number of anilines is 1. The Bertz CT molecular complexity index is 626. The highest BCUT2D eigenvalue weighted by Gasteiger charge is 2.28. The monoisotopic (exact) mass is 394 g/mol. The van der Waals surface area contributed by atoms with Gasteiger partial charge in [0, 0.05) is 31.2 Å². The maximum atomic E-state index is 12.6. The Morgan fingerprint density at radius 2 is 1.74 bits per heavy atom. The van der Waals surface area contributed by atoms with Gasteiger partial charge in [0.15, 0.2) is 0 Å². The van der Waals surface area contributed by atoms with Crippen LogP contribution in [0.15, 0.2) is 24.3 Å². The Labute approximate surface area is 167 Å². The van der Waals surface area contributed by atoms with Crippen molar-refractivity contribution in [2.45, 2.75) is 32.1 Å². The molecule has 1 aromatic carbocycles. The topological polar surface area (TPSA) is 78.7 Å². The molecule has 27 heavy (non-hydrogen) atoms. The number of nitrogens with one attached hydrogen (secondary N) is 1. The Kier molecular flexibility index (Phi) is 8.38. The Morgan fingerprint density at radius 1 is 1.07 bits per heavy atom. The van der Waals surface area contributed by atoms with Crippen LogP contribution < -0.4 is 11.1 Å². The molecule has 2 heterocycles. The fourth-order valence-electron chi connectivity index (χ4n) is 3.87. The summed E-state index contributed by atoms with van der Waals surface area (Å²) in [6.07, 6.45) is 5.06. The van der Waals surface area contributed by atoms with E-state index in [0.29, 0.717) is 24.3 Å². The molecule has 0 bridgehead atoms. The van der Waals surface area contributed by atoms with Crippen molar-refractivity contribution in [1.82, 2.24) is 15.1 Å². The molecule has 2 aliphatic heterocycles. The summed E-state index contributed by atoms with van der Waals surface area (Å²) in [6, 6.07) is 7.16. The number of rotatable bonds is 6. The zero-order valence-corrected chi connectivity index (χ0v) is 16.7. The number of hydrogen-bond donors (Lipinski definition) is 2. The van der Waals surface area contributed by atoms with E-state index in [1.807, 2.05) is 17.0 Å². The van der Waals surface area contributed by atoms with E-state index < -0.39 is 0 Å². The fourth-order valence-corrected chi connectivity index (χ4v) is 3.87. The van der Waals surface area contributed by atoms with E-state index in [0.717, 1.165) is 32.4 Å². The number of likely N-dealkylation sites (tertiary alicyclic amines) is 2. The molecule has 2 aliphatic rings. The van der Waals surface area contributed by atoms with Crippen molar-refractivity contribution in [1.29, 1.82) is 0 Å². The molecule has 2 amide bonds. The van der Waals surface area contributed by atoms with Crippen molar-refractivity contribution >= 4 is 29.9 Å². The summed E-state index contributed by atoms with van der Waals surface area (Å²) in [7, 11) is 0. The fraction of sp³-hybridized carbons (Fsp3) is 0.600. The molecule has 0 radical (unpaired) electrons. The minimum atomic E-state index is -0.0347. The lowest BCUT2D eigenvalue weighted by Gasteiger charge is -2.31. The van der Waals surface area contributed by atoms with Gasteiger partial charge in [0.1, 0.15) is 0 Å². The van der Waals surface area contributed by atoms with E-state index in [-0.39, 0.29) is 30.1 Å². The highest BCUT2D eigenvalue weighted by Crippen LogP contribution is 2.21. The highest BCUT2D eigenvalue weighted by molar-refractivity contribution is 5.99. The van der Waals surface area contributed by atoms with Gasteiger partial charge in [-0.15, -0.1) is 12.4 Å². The average molecular weight is 395 g/mol. The number of hydrogen-bond acceptors (Lipinski definition) is 4. The van der Waals surface area contributed by atoms with Gasteiger partial charge in [0.2, 0.25) is 5.91 Å². The van der Waals surface area contributed by atoms with Crippen LogP contribution in [0, 0.1) is 5.92 Å². The van der Waals surface area contributed by atoms with Gasteiger partial charge in [0.25, 0.3) is 5.91 Å². The summed E-state index contributed by atoms with van der Waals surface area (Å²) < 4.78 is 0. The third-order valence-electron chi connectivity index (χ3n) is 5.49. The molecule has 0 atom stereocenters. The van der Waals surface area contributed by atoms with Crippen molar-refractivity contribution in [3.05, 3.63) is 29.8 Å². The van der Waals surface area contributed by atoms with Crippen LogP contribution in [0.5, 0.6) is 0 Å². The highest BCUT2D eigenvalue weighted by atomic mass is 35.5. The van der Waals surface area contributed by atoms with Gasteiger partial charge >= 0.3 is 0 Å². The Morgan fingerprint density at radius 3 is 2.41 bits per heavy atom. The van der Waals surface area contributed by atoms with E-state index in [4.69, 9.17) is 5.73 Å². The molecule has 0 saturated carbocycles. The van der Waals surface area contributed by atoms with Crippen LogP contribution in [0.25, 0.3) is 0 Å². The number of carbonyl (C=O) groups is 2. The first-order chi connectivity index (χ1) is 12.6. The predicted octanol–water partition coefficient (Wildman–Crippen LogP) is 2.14. The van der Waals surface area contributed by atoms with Gasteiger partial charge in [-0.2, -0.15) is 0 Å². The maximum Gasteiger partial charge on any atom is 0.255 e. The molecule has 1 aromatic rings. The number of amides is 2. The molecule has 150 valence electrons. The van der Waals surface area contributed by atoms with Crippen molar-refractivity contribution in [2.75, 3.05) is 45.0 Å². The molecule has 0 spiro atoms. The zero-order valence-electron chi connectivity index (χ0n) is 15.9. The van der Waals surface area contributed by atoms with Crippen molar-refractivity contribution in [2.24, 2.45) is 5.92 Å². The first-order valence-corrected chi connectivity index (χ1v) is 9.79. The van der Waals surface area contributed by atoms with E-state index in [1.54, 1.807) is 12.1 Å². The van der Waals surface area contributed by atoms with Crippen LogP contribution in [0.1, 0.15) is 42.5 Å². The molecule has 7 heteroatoms. The molecule has 2 saturated heterocycles. The van der Waals surface area contributed by atoms with Gasteiger partial charge in [0.05, 0.1) is 5.56 Å². The van der Waals surface area contributed by atoms with Crippen molar-refractivity contribution < 1.29 is 9.59 Å². The Balaban J connectivity index is 0.00000261. The summed E-state index contributed by atoms with van der Waals surface area (Å²) in [5, 5.41) is 3.07. The molecule has 0 aliphatic carbocycles. The lowest BCUT2D eigenvalue weighted by molar-refractivity contribution is -0.126. The van der Waals surface area contributed by atoms with Gasteiger partial charge < -0.3 is 20.9 Å². The Hall–Kier alpha value is -1.79. The largest absolute Gasteiger partial charge is 0.398 e. The molecular weight excluding hydrogens is 364 g/mol. The summed E-state index contributed by atoms with van der Waals surface area (Å²) in [4.78, 5) is 29.2. The molecule has 3 rings (SSSR count). The van der Waals surface area contributed by atoms with Gasteiger partial charge in [-0.05, 0) is 63.9 Å². The van der Waals surface area contributed by atoms with Gasteiger partial charge in [-0.3, -0.25) is 9.59 Å². The number of nitrogens with zero attached hydrogens (tertiary/aromatic N) is 2. The second-order valence-electron chi connectivity index (χ2n) is 7.35. The standard InChI is InChI=1S/C20H30N4O2.ClH/c21-18-7-2-1-6-17(18)20(26)24-14-8-16(9-15-24)19(25)22-10-5-13-23-11-3-4-12-23;/h1-2,6-7,16H,3-5,8-15,21H2,(H,22,25);1H. The number of benzene rings is 1. The van der Waals surface area contributed by atoms with Crippen molar-refractivity contribution in [3.8, 4) is 0 Å². The lowest BCUT2D eigenvalue weighted by Crippen LogP contribution is -2.43. The summed E-state index contributed by atoms with van der Waals surface area (Å²) in [5.74, 6) is 0.115. The van der Waals surface area contributed by atoms with E-state index >= 15 is 0 Å². The minimum Gasteiger partial charge on any atom is -0.398 e. The zero-order chi connectivity index (χ0) is 18.4. The third kappa shape index (κ3) is 5.84. The summed E-state index contributed by atoms with van der Waals surface area (Å²) in [6.45, 7) is 5.44. The molecule has 2 fully saturated rings. The van der Waals surface area contributed by atoms with Crippen LogP contribution in [0.2, 0.25) is 0 Å². The molecule has 3 N–H and O–H groups in total. The third-order valence-corrected chi connectivity index (χ3v) is 5.49. The molecular formula is C20H31ClN4O2. The quantitative estimate of drug-likeness (QED) is 0.572.